The molecule has 0 spiro atoms. The van der Waals surface area contributed by atoms with Crippen LogP contribution in [-0.4, -0.2) is 42.4 Å². The van der Waals surface area contributed by atoms with Gasteiger partial charge < -0.3 is 20.1 Å². The van der Waals surface area contributed by atoms with Crippen molar-refractivity contribution in [3.05, 3.63) is 42.4 Å². The first-order valence-corrected chi connectivity index (χ1v) is 8.07. The number of ether oxygens (including phenoxy) is 1. The summed E-state index contributed by atoms with van der Waals surface area (Å²) in [5.41, 5.74) is 2.13. The third-order valence-corrected chi connectivity index (χ3v) is 4.03. The van der Waals surface area contributed by atoms with Gasteiger partial charge in [0.15, 0.2) is 11.6 Å². The molecular weight excluding hydrogens is 339 g/mol. The highest BCUT2D eigenvalue weighted by Crippen LogP contribution is 2.31. The Morgan fingerprint density at radius 1 is 1.42 bits per heavy atom. The summed E-state index contributed by atoms with van der Waals surface area (Å²) in [7, 11) is 0. The molecule has 4 heterocycles. The van der Waals surface area contributed by atoms with Crippen LogP contribution in [-0.2, 0) is 0 Å². The van der Waals surface area contributed by atoms with Crippen LogP contribution in [0.5, 0.6) is 5.75 Å². The summed E-state index contributed by atoms with van der Waals surface area (Å²) in [6.45, 7) is 3.66. The summed E-state index contributed by atoms with van der Waals surface area (Å²) in [6, 6.07) is 1.63. The van der Waals surface area contributed by atoms with E-state index in [1.807, 2.05) is 6.92 Å². The number of nitrogens with one attached hydrogen (secondary N) is 2. The van der Waals surface area contributed by atoms with E-state index in [2.05, 4.69) is 25.4 Å². The molecule has 3 N–H and O–H groups in total. The number of halogens is 1. The number of hydrogen-bond acceptors (Lipinski definition) is 6. The van der Waals surface area contributed by atoms with Crippen molar-refractivity contribution >= 4 is 28.1 Å². The maximum absolute atomic E-state index is 14.7. The Morgan fingerprint density at radius 2 is 2.27 bits per heavy atom. The van der Waals surface area contributed by atoms with Crippen molar-refractivity contribution in [2.75, 3.05) is 11.9 Å². The first-order valence-electron chi connectivity index (χ1n) is 8.07. The smallest absolute Gasteiger partial charge is 0.159 e. The van der Waals surface area contributed by atoms with Crippen molar-refractivity contribution in [3.63, 3.8) is 0 Å². The van der Waals surface area contributed by atoms with Crippen LogP contribution in [0.15, 0.2) is 31.0 Å². The second kappa shape index (κ2) is 6.26. The average molecular weight is 356 g/mol. The highest BCUT2D eigenvalue weighted by Gasteiger charge is 2.16. The minimum atomic E-state index is -0.589. The molecule has 0 aromatic carbocycles. The Hall–Kier alpha value is -3.20. The molecule has 0 amide bonds. The van der Waals surface area contributed by atoms with E-state index >= 15 is 0 Å². The van der Waals surface area contributed by atoms with Crippen LogP contribution in [0.4, 0.5) is 15.9 Å². The topological polar surface area (TPSA) is 100 Å². The van der Waals surface area contributed by atoms with Crippen LogP contribution >= 0.6 is 0 Å². The second-order valence-electron chi connectivity index (χ2n) is 6.03. The maximum Gasteiger partial charge on any atom is 0.159 e. The van der Waals surface area contributed by atoms with Gasteiger partial charge in [-0.15, -0.1) is 0 Å². The van der Waals surface area contributed by atoms with E-state index in [9.17, 15) is 9.50 Å². The fraction of sp³-hybridized carbons (Fsp3) is 0.235. The lowest BCUT2D eigenvalue weighted by Crippen LogP contribution is -2.12. The third-order valence-electron chi connectivity index (χ3n) is 4.03. The highest BCUT2D eigenvalue weighted by atomic mass is 19.1. The molecule has 0 saturated carbocycles. The van der Waals surface area contributed by atoms with Crippen molar-refractivity contribution in [3.8, 4) is 5.75 Å². The number of nitrogens with zero attached hydrogens (tertiary/aromatic N) is 4. The standard InChI is InChI=1S/C17H17FN6O2/c1-9(25)7-26-13-6-24-15(10(13)2)17(21-8-22-24)23-12-5-20-16-11(14(12)18)3-4-19-16/h3-6,8-9,25H,7H2,1-2H3,(H,19,20)(H,21,22,23). The SMILES string of the molecule is Cc1c(OCC(C)O)cn2ncnc(Nc3cnc4[nH]ccc4c3F)c12. The number of aromatic nitrogens is 5. The monoisotopic (exact) mass is 356 g/mol. The number of anilines is 2. The summed E-state index contributed by atoms with van der Waals surface area (Å²) in [6.07, 6.45) is 5.53. The normalized spacial score (nSPS) is 12.6. The van der Waals surface area contributed by atoms with Gasteiger partial charge in [0.2, 0.25) is 0 Å². The van der Waals surface area contributed by atoms with Gasteiger partial charge in [-0.1, -0.05) is 0 Å². The molecule has 4 rings (SSSR count). The van der Waals surface area contributed by atoms with Gasteiger partial charge in [-0.05, 0) is 19.9 Å². The molecule has 1 unspecified atom stereocenters. The Balaban J connectivity index is 1.75. The number of aliphatic hydroxyl groups excluding tert-OH is 1. The van der Waals surface area contributed by atoms with E-state index in [1.165, 1.54) is 12.5 Å². The van der Waals surface area contributed by atoms with E-state index in [1.54, 1.807) is 29.9 Å². The molecule has 0 radical (unpaired) electrons. The lowest BCUT2D eigenvalue weighted by atomic mass is 10.2. The van der Waals surface area contributed by atoms with Gasteiger partial charge in [0, 0.05) is 11.8 Å². The van der Waals surface area contributed by atoms with E-state index in [4.69, 9.17) is 4.74 Å². The summed E-state index contributed by atoms with van der Waals surface area (Å²) in [5.74, 6) is 0.594. The largest absolute Gasteiger partial charge is 0.489 e. The molecule has 134 valence electrons. The van der Waals surface area contributed by atoms with Crippen molar-refractivity contribution < 1.29 is 14.2 Å². The fourth-order valence-electron chi connectivity index (χ4n) is 2.78. The van der Waals surface area contributed by atoms with E-state index < -0.39 is 11.9 Å². The van der Waals surface area contributed by atoms with E-state index in [-0.39, 0.29) is 12.3 Å². The average Bonchev–Trinajstić information content (AvgIpc) is 3.21. The van der Waals surface area contributed by atoms with Gasteiger partial charge in [-0.2, -0.15) is 5.10 Å². The van der Waals surface area contributed by atoms with Crippen LogP contribution < -0.4 is 10.1 Å². The number of aromatic amines is 1. The van der Waals surface area contributed by atoms with Crippen LogP contribution in [0.3, 0.4) is 0 Å². The van der Waals surface area contributed by atoms with Crippen molar-refractivity contribution in [1.29, 1.82) is 0 Å². The highest BCUT2D eigenvalue weighted by molar-refractivity contribution is 5.84. The van der Waals surface area contributed by atoms with Gasteiger partial charge in [0.25, 0.3) is 0 Å². The summed E-state index contributed by atoms with van der Waals surface area (Å²) in [5, 5.41) is 17.0. The number of pyridine rings is 1. The lowest BCUT2D eigenvalue weighted by molar-refractivity contribution is 0.122. The number of fused-ring (bicyclic) bond motifs is 2. The second-order valence-corrected chi connectivity index (χ2v) is 6.03. The maximum atomic E-state index is 14.7. The molecule has 9 heteroatoms. The van der Waals surface area contributed by atoms with Crippen LogP contribution in [0.25, 0.3) is 16.6 Å². The van der Waals surface area contributed by atoms with Crippen molar-refractivity contribution in [2.45, 2.75) is 20.0 Å². The Kier molecular flexibility index (Phi) is 3.92. The molecule has 4 aromatic rings. The first kappa shape index (κ1) is 16.3. The number of H-pyrrole nitrogens is 1. The quantitative estimate of drug-likeness (QED) is 0.508. The molecule has 26 heavy (non-hydrogen) atoms. The molecule has 0 aliphatic rings. The molecule has 1 atom stereocenters. The summed E-state index contributed by atoms with van der Waals surface area (Å²) in [4.78, 5) is 11.3. The van der Waals surface area contributed by atoms with Gasteiger partial charge in [-0.3, -0.25) is 0 Å². The first-order chi connectivity index (χ1) is 12.5. The Morgan fingerprint density at radius 3 is 3.08 bits per heavy atom. The zero-order valence-electron chi connectivity index (χ0n) is 14.2. The van der Waals surface area contributed by atoms with Crippen LogP contribution in [0.2, 0.25) is 0 Å². The van der Waals surface area contributed by atoms with Crippen molar-refractivity contribution in [1.82, 2.24) is 24.6 Å². The zero-order valence-corrected chi connectivity index (χ0v) is 14.2. The molecule has 4 aromatic heterocycles. The molecule has 0 saturated heterocycles. The van der Waals surface area contributed by atoms with E-state index in [0.29, 0.717) is 28.1 Å². The Bertz CT molecular complexity index is 1090. The molecule has 0 bridgehead atoms. The fourth-order valence-corrected chi connectivity index (χ4v) is 2.78. The van der Waals surface area contributed by atoms with E-state index in [0.717, 1.165) is 5.56 Å². The third kappa shape index (κ3) is 2.72. The van der Waals surface area contributed by atoms with Crippen molar-refractivity contribution in [2.24, 2.45) is 0 Å². The van der Waals surface area contributed by atoms with Gasteiger partial charge in [-0.25, -0.2) is 18.9 Å². The lowest BCUT2D eigenvalue weighted by Gasteiger charge is -2.09. The van der Waals surface area contributed by atoms with Gasteiger partial charge in [0.05, 0.1) is 29.6 Å². The van der Waals surface area contributed by atoms with Gasteiger partial charge >= 0.3 is 0 Å². The minimum Gasteiger partial charge on any atom is -0.489 e. The molecule has 0 aliphatic carbocycles. The number of aryl methyl sites for hydroxylation is 1. The molecular formula is C17H17FN6O2. The summed E-state index contributed by atoms with van der Waals surface area (Å²) >= 11 is 0. The number of rotatable bonds is 5. The summed E-state index contributed by atoms with van der Waals surface area (Å²) < 4.78 is 21.9. The predicted molar refractivity (Wildman–Crippen MR) is 94.2 cm³/mol. The molecule has 0 aliphatic heterocycles. The molecule has 8 nitrogen and oxygen atoms in total. The minimum absolute atomic E-state index is 0.163. The number of aliphatic hydroxyl groups is 1. The van der Waals surface area contributed by atoms with Gasteiger partial charge in [0.1, 0.15) is 29.8 Å². The molecule has 0 fully saturated rings. The zero-order chi connectivity index (χ0) is 18.3. The van der Waals surface area contributed by atoms with Crippen LogP contribution in [0.1, 0.15) is 12.5 Å². The van der Waals surface area contributed by atoms with Crippen LogP contribution in [0, 0.1) is 12.7 Å². The predicted octanol–water partition coefficient (Wildman–Crippen LogP) is 2.56. The Labute approximate surface area is 147 Å². The number of hydrogen-bond donors (Lipinski definition) is 3.